The summed E-state index contributed by atoms with van der Waals surface area (Å²) in [5, 5.41) is 8.35. The van der Waals surface area contributed by atoms with Crippen molar-refractivity contribution in [3.8, 4) is 21.8 Å². The molecule has 0 aliphatic carbocycles. The molecule has 27 heavy (non-hydrogen) atoms. The van der Waals surface area contributed by atoms with E-state index in [2.05, 4.69) is 69.1 Å². The van der Waals surface area contributed by atoms with Gasteiger partial charge in [0.05, 0.1) is 16.4 Å². The fourth-order valence-corrected chi connectivity index (χ4v) is 3.59. The molecule has 0 spiro atoms. The number of aryl methyl sites for hydroxylation is 1. The highest BCUT2D eigenvalue weighted by Gasteiger charge is 2.12. The molecular weight excluding hydrogens is 424 g/mol. The molecule has 7 heteroatoms. The number of halogens is 1. The van der Waals surface area contributed by atoms with Gasteiger partial charge in [-0.2, -0.15) is 5.10 Å². The summed E-state index contributed by atoms with van der Waals surface area (Å²) >= 11 is 4.62. The van der Waals surface area contributed by atoms with E-state index in [-0.39, 0.29) is 10.4 Å². The Morgan fingerprint density at radius 2 is 1.96 bits per heavy atom. The molecule has 0 fully saturated rings. The molecule has 0 bridgehead atoms. The summed E-state index contributed by atoms with van der Waals surface area (Å²) in [7, 11) is 0. The third kappa shape index (κ3) is 3.70. The number of nitrogens with zero attached hydrogens (tertiary/aromatic N) is 3. The number of benzene rings is 2. The lowest BCUT2D eigenvalue weighted by molar-refractivity contribution is -0.112. The molecule has 2 aromatic heterocycles. The highest BCUT2D eigenvalue weighted by atomic mass is 79.9. The fourth-order valence-electron chi connectivity index (χ4n) is 2.61. The molecule has 0 radical (unpaired) electrons. The highest BCUT2D eigenvalue weighted by molar-refractivity contribution is 9.12. The zero-order valence-electron chi connectivity index (χ0n) is 14.4. The molecule has 4 rings (SSSR count). The van der Waals surface area contributed by atoms with Gasteiger partial charge in [0.25, 0.3) is 5.91 Å². The second-order valence-electron chi connectivity index (χ2n) is 6.07. The first-order chi connectivity index (χ1) is 13.0. The van der Waals surface area contributed by atoms with E-state index in [0.29, 0.717) is 5.69 Å². The number of carbonyl (C=O) groups excluding carboxylic acids is 1. The Hall–Kier alpha value is -2.77. The van der Waals surface area contributed by atoms with Crippen LogP contribution in [0.25, 0.3) is 26.8 Å². The highest BCUT2D eigenvalue weighted by Crippen LogP contribution is 2.29. The number of hydrogen-bond acceptors (Lipinski definition) is 4. The van der Waals surface area contributed by atoms with Crippen molar-refractivity contribution in [3.63, 3.8) is 0 Å². The smallest absolute Gasteiger partial charge is 0.262 e. The Kier molecular flexibility index (Phi) is 4.63. The van der Waals surface area contributed by atoms with E-state index in [0.717, 1.165) is 26.8 Å². The molecule has 4 aromatic rings. The van der Waals surface area contributed by atoms with Crippen molar-refractivity contribution in [1.82, 2.24) is 14.6 Å². The largest absolute Gasteiger partial charge is 0.322 e. The second kappa shape index (κ2) is 7.09. The SMILES string of the molecule is C=C(Br)C(=O)Nc1cccc(-c2cn3nc(-c4ccc(C)cc4)sc3n2)c1. The first-order valence-corrected chi connectivity index (χ1v) is 9.80. The van der Waals surface area contributed by atoms with Crippen molar-refractivity contribution in [1.29, 1.82) is 0 Å². The maximum Gasteiger partial charge on any atom is 0.262 e. The lowest BCUT2D eigenvalue weighted by Crippen LogP contribution is -2.10. The minimum atomic E-state index is -0.276. The van der Waals surface area contributed by atoms with Gasteiger partial charge >= 0.3 is 0 Å². The van der Waals surface area contributed by atoms with Crippen LogP contribution < -0.4 is 5.32 Å². The summed E-state index contributed by atoms with van der Waals surface area (Å²) in [6, 6.07) is 15.8. The Morgan fingerprint density at radius 3 is 2.67 bits per heavy atom. The molecule has 0 saturated heterocycles. The number of aromatic nitrogens is 3. The number of fused-ring (bicyclic) bond motifs is 1. The molecule has 0 saturated carbocycles. The van der Waals surface area contributed by atoms with Crippen molar-refractivity contribution in [2.75, 3.05) is 5.32 Å². The van der Waals surface area contributed by atoms with Crippen LogP contribution in [0.2, 0.25) is 0 Å². The fraction of sp³-hybridized carbons (Fsp3) is 0.0500. The van der Waals surface area contributed by atoms with Crippen LogP contribution >= 0.6 is 27.3 Å². The van der Waals surface area contributed by atoms with Gasteiger partial charge in [-0.15, -0.1) is 0 Å². The lowest BCUT2D eigenvalue weighted by atomic mass is 10.1. The van der Waals surface area contributed by atoms with E-state index < -0.39 is 0 Å². The molecule has 2 aromatic carbocycles. The Labute approximate surface area is 168 Å². The average molecular weight is 439 g/mol. The minimum Gasteiger partial charge on any atom is -0.322 e. The van der Waals surface area contributed by atoms with Crippen LogP contribution in [0.4, 0.5) is 5.69 Å². The van der Waals surface area contributed by atoms with Gasteiger partial charge in [-0.25, -0.2) is 9.50 Å². The van der Waals surface area contributed by atoms with Gasteiger partial charge in [-0.3, -0.25) is 4.79 Å². The molecule has 1 N–H and O–H groups in total. The number of imidazole rings is 1. The molecular formula is C20H15BrN4OS. The molecule has 5 nitrogen and oxygen atoms in total. The Bertz CT molecular complexity index is 1130. The van der Waals surface area contributed by atoms with Gasteiger partial charge in [0.15, 0.2) is 0 Å². The van der Waals surface area contributed by atoms with Crippen LogP contribution in [0.1, 0.15) is 5.56 Å². The van der Waals surface area contributed by atoms with E-state index in [9.17, 15) is 4.79 Å². The maximum atomic E-state index is 11.8. The average Bonchev–Trinajstić information content (AvgIpc) is 3.21. The van der Waals surface area contributed by atoms with Crippen molar-refractivity contribution in [3.05, 3.63) is 71.4 Å². The van der Waals surface area contributed by atoms with Gasteiger partial charge in [-0.05, 0) is 35.0 Å². The maximum absolute atomic E-state index is 11.8. The van der Waals surface area contributed by atoms with Crippen molar-refractivity contribution < 1.29 is 4.79 Å². The minimum absolute atomic E-state index is 0.276. The monoisotopic (exact) mass is 438 g/mol. The first kappa shape index (κ1) is 17.6. The van der Waals surface area contributed by atoms with Gasteiger partial charge < -0.3 is 5.32 Å². The van der Waals surface area contributed by atoms with Crippen LogP contribution in [-0.4, -0.2) is 20.5 Å². The van der Waals surface area contributed by atoms with Crippen molar-refractivity contribution >= 4 is 43.8 Å². The van der Waals surface area contributed by atoms with Crippen molar-refractivity contribution in [2.24, 2.45) is 0 Å². The van der Waals surface area contributed by atoms with Crippen LogP contribution in [0, 0.1) is 6.92 Å². The number of anilines is 1. The van der Waals surface area contributed by atoms with Gasteiger partial charge in [0.1, 0.15) is 5.01 Å². The molecule has 0 aliphatic heterocycles. The predicted molar refractivity (Wildman–Crippen MR) is 113 cm³/mol. The normalized spacial score (nSPS) is 10.9. The summed E-state index contributed by atoms with van der Waals surface area (Å²) in [5.74, 6) is -0.276. The van der Waals surface area contributed by atoms with E-state index in [1.54, 1.807) is 15.9 Å². The lowest BCUT2D eigenvalue weighted by Gasteiger charge is -2.05. The zero-order valence-corrected chi connectivity index (χ0v) is 16.8. The van der Waals surface area contributed by atoms with Crippen LogP contribution in [0.3, 0.4) is 0 Å². The molecule has 0 unspecified atom stereocenters. The molecule has 0 aliphatic rings. The summed E-state index contributed by atoms with van der Waals surface area (Å²) < 4.78 is 2.07. The molecule has 2 heterocycles. The van der Waals surface area contributed by atoms with E-state index >= 15 is 0 Å². The molecule has 1 amide bonds. The number of nitrogens with one attached hydrogen (secondary N) is 1. The molecule has 0 atom stereocenters. The number of rotatable bonds is 4. The first-order valence-electron chi connectivity index (χ1n) is 8.19. The van der Waals surface area contributed by atoms with E-state index in [1.807, 2.05) is 30.5 Å². The quantitative estimate of drug-likeness (QED) is 0.440. The number of hydrogen-bond donors (Lipinski definition) is 1. The van der Waals surface area contributed by atoms with E-state index in [4.69, 9.17) is 0 Å². The summed E-state index contributed by atoms with van der Waals surface area (Å²) in [5.41, 5.74) is 4.69. The van der Waals surface area contributed by atoms with Gasteiger partial charge in [0.2, 0.25) is 4.96 Å². The Morgan fingerprint density at radius 1 is 1.19 bits per heavy atom. The van der Waals surface area contributed by atoms with Gasteiger partial charge in [-0.1, -0.05) is 59.9 Å². The topological polar surface area (TPSA) is 59.3 Å². The number of carbonyl (C=O) groups is 1. The van der Waals surface area contributed by atoms with Crippen LogP contribution in [0.5, 0.6) is 0 Å². The summed E-state index contributed by atoms with van der Waals surface area (Å²) in [4.78, 5) is 17.3. The van der Waals surface area contributed by atoms with Crippen LogP contribution in [0.15, 0.2) is 65.8 Å². The second-order valence-corrected chi connectivity index (χ2v) is 7.98. The summed E-state index contributed by atoms with van der Waals surface area (Å²) in [6.07, 6.45) is 1.90. The zero-order chi connectivity index (χ0) is 19.0. The van der Waals surface area contributed by atoms with Crippen molar-refractivity contribution in [2.45, 2.75) is 6.92 Å². The third-order valence-corrected chi connectivity index (χ3v) is 5.34. The standard InChI is InChI=1S/C20H15BrN4OS/c1-12-6-8-14(9-7-12)19-24-25-11-17(23-20(25)27-19)15-4-3-5-16(10-15)22-18(26)13(2)21/h3-11H,2H2,1H3,(H,22,26). The number of amides is 1. The summed E-state index contributed by atoms with van der Waals surface area (Å²) in [6.45, 7) is 5.64. The van der Waals surface area contributed by atoms with Gasteiger partial charge in [0, 0.05) is 16.8 Å². The van der Waals surface area contributed by atoms with Crippen LogP contribution in [-0.2, 0) is 4.79 Å². The predicted octanol–water partition coefficient (Wildman–Crippen LogP) is 5.28. The Balaban J connectivity index is 1.63. The third-order valence-electron chi connectivity index (χ3n) is 4.00. The molecule has 134 valence electrons. The van der Waals surface area contributed by atoms with E-state index in [1.165, 1.54) is 5.56 Å².